The molecule has 2 N–H and O–H groups in total. The van der Waals surface area contributed by atoms with E-state index in [-0.39, 0.29) is 0 Å². The Morgan fingerprint density at radius 2 is 1.71 bits per heavy atom. The molecular weight excluding hydrogens is 298 g/mol. The normalized spacial score (nSPS) is 10.5. The minimum atomic E-state index is 0.610. The number of aromatic nitrogens is 3. The van der Waals surface area contributed by atoms with Gasteiger partial charge in [0.1, 0.15) is 5.82 Å². The average molecular weight is 319 g/mol. The van der Waals surface area contributed by atoms with Gasteiger partial charge in [0.05, 0.1) is 0 Å². The van der Waals surface area contributed by atoms with Gasteiger partial charge in [0, 0.05) is 36.4 Å². The van der Waals surface area contributed by atoms with Gasteiger partial charge in [-0.2, -0.15) is 4.98 Å². The lowest BCUT2D eigenvalue weighted by molar-refractivity contribution is 1.03. The van der Waals surface area contributed by atoms with Crippen LogP contribution in [0.15, 0.2) is 48.8 Å². The average Bonchev–Trinajstić information content (AvgIpc) is 2.56. The summed E-state index contributed by atoms with van der Waals surface area (Å²) in [6.45, 7) is 6.81. The molecule has 1 aromatic carbocycles. The van der Waals surface area contributed by atoms with Crippen molar-refractivity contribution in [3.63, 3.8) is 0 Å². The van der Waals surface area contributed by atoms with Crippen molar-refractivity contribution in [1.82, 2.24) is 15.0 Å². The van der Waals surface area contributed by atoms with Gasteiger partial charge in [-0.25, -0.2) is 4.98 Å². The van der Waals surface area contributed by atoms with Crippen LogP contribution in [0.25, 0.3) is 0 Å². The Labute approximate surface area is 142 Å². The van der Waals surface area contributed by atoms with Crippen molar-refractivity contribution in [2.24, 2.45) is 0 Å². The number of hydrogen-bond acceptors (Lipinski definition) is 5. The molecule has 3 aromatic rings. The summed E-state index contributed by atoms with van der Waals surface area (Å²) in [5.74, 6) is 1.39. The molecule has 2 aromatic heterocycles. The molecule has 0 aliphatic heterocycles. The molecule has 5 heteroatoms. The Kier molecular flexibility index (Phi) is 4.70. The molecule has 0 fully saturated rings. The fourth-order valence-electron chi connectivity index (χ4n) is 2.49. The van der Waals surface area contributed by atoms with Gasteiger partial charge in [0.25, 0.3) is 0 Å². The molecule has 2 heterocycles. The van der Waals surface area contributed by atoms with Gasteiger partial charge in [0.2, 0.25) is 5.95 Å². The maximum absolute atomic E-state index is 4.56. The van der Waals surface area contributed by atoms with Crippen molar-refractivity contribution >= 4 is 17.5 Å². The van der Waals surface area contributed by atoms with E-state index in [0.717, 1.165) is 22.8 Å². The summed E-state index contributed by atoms with van der Waals surface area (Å²) < 4.78 is 0. The summed E-state index contributed by atoms with van der Waals surface area (Å²) in [7, 11) is 0. The van der Waals surface area contributed by atoms with Gasteiger partial charge in [-0.15, -0.1) is 0 Å². The first-order valence-electron chi connectivity index (χ1n) is 7.93. The third kappa shape index (κ3) is 4.07. The topological polar surface area (TPSA) is 62.7 Å². The Balaban J connectivity index is 1.76. The molecule has 0 amide bonds. The highest BCUT2D eigenvalue weighted by molar-refractivity contribution is 5.61. The Morgan fingerprint density at radius 3 is 2.46 bits per heavy atom. The Morgan fingerprint density at radius 1 is 0.917 bits per heavy atom. The van der Waals surface area contributed by atoms with Crippen LogP contribution in [-0.4, -0.2) is 15.0 Å². The number of nitrogens with one attached hydrogen (secondary N) is 2. The molecule has 0 unspecified atom stereocenters. The van der Waals surface area contributed by atoms with Crippen LogP contribution in [-0.2, 0) is 6.54 Å². The molecule has 0 spiro atoms. The zero-order chi connectivity index (χ0) is 16.9. The number of nitrogens with zero attached hydrogens (tertiary/aromatic N) is 3. The monoisotopic (exact) mass is 319 g/mol. The molecule has 3 rings (SSSR count). The minimum Gasteiger partial charge on any atom is -0.350 e. The highest BCUT2D eigenvalue weighted by atomic mass is 15.1. The van der Waals surface area contributed by atoms with Crippen LogP contribution >= 0.6 is 0 Å². The van der Waals surface area contributed by atoms with Crippen LogP contribution in [0.4, 0.5) is 17.5 Å². The van der Waals surface area contributed by atoms with Gasteiger partial charge in [0.15, 0.2) is 0 Å². The van der Waals surface area contributed by atoms with Crippen molar-refractivity contribution in [2.45, 2.75) is 27.3 Å². The lowest BCUT2D eigenvalue weighted by Gasteiger charge is -2.12. The van der Waals surface area contributed by atoms with Gasteiger partial charge < -0.3 is 10.6 Å². The molecule has 122 valence electrons. The van der Waals surface area contributed by atoms with Crippen molar-refractivity contribution in [3.8, 4) is 0 Å². The molecule has 0 radical (unpaired) electrons. The first-order chi connectivity index (χ1) is 11.6. The zero-order valence-electron chi connectivity index (χ0n) is 14.2. The number of anilines is 3. The van der Waals surface area contributed by atoms with Crippen molar-refractivity contribution < 1.29 is 0 Å². The number of aryl methyl sites for hydroxylation is 3. The smallest absolute Gasteiger partial charge is 0.225 e. The van der Waals surface area contributed by atoms with E-state index in [1.165, 1.54) is 11.1 Å². The second kappa shape index (κ2) is 7.08. The highest BCUT2D eigenvalue weighted by Crippen LogP contribution is 2.21. The summed E-state index contributed by atoms with van der Waals surface area (Å²) in [5.41, 5.74) is 5.54. The number of hydrogen-bond donors (Lipinski definition) is 2. The Bertz CT molecular complexity index is 830. The van der Waals surface area contributed by atoms with E-state index in [2.05, 4.69) is 57.6 Å². The van der Waals surface area contributed by atoms with Crippen molar-refractivity contribution in [1.29, 1.82) is 0 Å². The van der Waals surface area contributed by atoms with E-state index in [0.29, 0.717) is 12.5 Å². The lowest BCUT2D eigenvalue weighted by Crippen LogP contribution is -2.06. The second-order valence-electron chi connectivity index (χ2n) is 5.87. The second-order valence-corrected chi connectivity index (χ2v) is 5.87. The number of rotatable bonds is 5. The van der Waals surface area contributed by atoms with Crippen LogP contribution < -0.4 is 10.6 Å². The third-order valence-electron chi connectivity index (χ3n) is 3.70. The van der Waals surface area contributed by atoms with E-state index in [1.807, 2.05) is 25.1 Å². The van der Waals surface area contributed by atoms with E-state index >= 15 is 0 Å². The maximum atomic E-state index is 4.56. The SMILES string of the molecule is Cc1ccc(Nc2cc(C)nc(NCc3ccncc3)n2)c(C)c1. The molecule has 5 nitrogen and oxygen atoms in total. The van der Waals surface area contributed by atoms with Gasteiger partial charge in [-0.1, -0.05) is 17.7 Å². The van der Waals surface area contributed by atoms with E-state index in [9.17, 15) is 0 Å². The summed E-state index contributed by atoms with van der Waals surface area (Å²) >= 11 is 0. The fourth-order valence-corrected chi connectivity index (χ4v) is 2.49. The van der Waals surface area contributed by atoms with Crippen LogP contribution in [0, 0.1) is 20.8 Å². The van der Waals surface area contributed by atoms with E-state index in [4.69, 9.17) is 0 Å². The molecule has 0 aliphatic carbocycles. The van der Waals surface area contributed by atoms with Crippen molar-refractivity contribution in [2.75, 3.05) is 10.6 Å². The summed E-state index contributed by atoms with van der Waals surface area (Å²) in [6.07, 6.45) is 3.56. The molecule has 0 bridgehead atoms. The highest BCUT2D eigenvalue weighted by Gasteiger charge is 2.05. The van der Waals surface area contributed by atoms with E-state index < -0.39 is 0 Å². The molecular formula is C19H21N5. The zero-order valence-corrected chi connectivity index (χ0v) is 14.2. The first-order valence-corrected chi connectivity index (χ1v) is 7.93. The quantitative estimate of drug-likeness (QED) is 0.739. The van der Waals surface area contributed by atoms with Crippen LogP contribution in [0.2, 0.25) is 0 Å². The predicted molar refractivity (Wildman–Crippen MR) is 97.5 cm³/mol. The van der Waals surface area contributed by atoms with Crippen molar-refractivity contribution in [3.05, 3.63) is 71.2 Å². The fraction of sp³-hybridized carbons (Fsp3) is 0.211. The predicted octanol–water partition coefficient (Wildman–Crippen LogP) is 4.15. The van der Waals surface area contributed by atoms with Crippen LogP contribution in [0.5, 0.6) is 0 Å². The first kappa shape index (κ1) is 15.9. The Hall–Kier alpha value is -2.95. The molecule has 0 saturated heterocycles. The third-order valence-corrected chi connectivity index (χ3v) is 3.70. The van der Waals surface area contributed by atoms with Gasteiger partial charge in [-0.05, 0) is 50.1 Å². The minimum absolute atomic E-state index is 0.610. The molecule has 0 atom stereocenters. The maximum Gasteiger partial charge on any atom is 0.225 e. The summed E-state index contributed by atoms with van der Waals surface area (Å²) in [5, 5.41) is 6.64. The van der Waals surface area contributed by atoms with Gasteiger partial charge >= 0.3 is 0 Å². The van der Waals surface area contributed by atoms with Gasteiger partial charge in [-0.3, -0.25) is 4.98 Å². The summed E-state index contributed by atoms with van der Waals surface area (Å²) in [4.78, 5) is 13.0. The van der Waals surface area contributed by atoms with Crippen LogP contribution in [0.1, 0.15) is 22.4 Å². The molecule has 24 heavy (non-hydrogen) atoms. The molecule has 0 aliphatic rings. The largest absolute Gasteiger partial charge is 0.350 e. The standard InChI is InChI=1S/C19H21N5/c1-13-4-5-17(14(2)10-13)23-18-11-15(3)22-19(24-18)21-12-16-6-8-20-9-7-16/h4-11H,12H2,1-3H3,(H2,21,22,23,24). The van der Waals surface area contributed by atoms with Crippen LogP contribution in [0.3, 0.4) is 0 Å². The molecule has 0 saturated carbocycles. The van der Waals surface area contributed by atoms with E-state index in [1.54, 1.807) is 12.4 Å². The lowest BCUT2D eigenvalue weighted by atomic mass is 10.1. The number of benzene rings is 1. The summed E-state index contributed by atoms with van der Waals surface area (Å²) in [6, 6.07) is 12.2. The number of pyridine rings is 1.